The lowest BCUT2D eigenvalue weighted by molar-refractivity contribution is 0.0946. The average molecular weight is 436 g/mol. The first-order valence-electron chi connectivity index (χ1n) is 9.73. The molecular weight excluding hydrogens is 410 g/mol. The van der Waals surface area contributed by atoms with Crippen molar-refractivity contribution in [1.82, 2.24) is 10.2 Å². The second-order valence-corrected chi connectivity index (χ2v) is 9.55. The van der Waals surface area contributed by atoms with Gasteiger partial charge in [0.1, 0.15) is 0 Å². The number of halogens is 1. The molecule has 156 valence electrons. The number of benzene rings is 2. The molecule has 0 aromatic heterocycles. The van der Waals surface area contributed by atoms with Crippen LogP contribution >= 0.6 is 11.6 Å². The van der Waals surface area contributed by atoms with Gasteiger partial charge in [0.05, 0.1) is 16.1 Å². The molecule has 1 aliphatic heterocycles. The van der Waals surface area contributed by atoms with E-state index in [0.29, 0.717) is 23.0 Å². The average Bonchev–Trinajstić information content (AvgIpc) is 3.19. The topological polar surface area (TPSA) is 78.5 Å². The Morgan fingerprint density at radius 3 is 2.45 bits per heavy atom. The molecule has 1 atom stereocenters. The number of carbonyl (C=O) groups is 1. The Morgan fingerprint density at radius 2 is 1.76 bits per heavy atom. The lowest BCUT2D eigenvalue weighted by atomic mass is 10.1. The number of hydrogen-bond donors (Lipinski definition) is 2. The molecule has 1 aliphatic rings. The molecule has 6 nitrogen and oxygen atoms in total. The Labute approximate surface area is 177 Å². The van der Waals surface area contributed by atoms with Crippen molar-refractivity contribution in [3.63, 3.8) is 0 Å². The molecule has 0 aliphatic carbocycles. The van der Waals surface area contributed by atoms with Gasteiger partial charge in [-0.05, 0) is 68.2 Å². The summed E-state index contributed by atoms with van der Waals surface area (Å²) in [6, 6.07) is 12.5. The summed E-state index contributed by atoms with van der Waals surface area (Å²) in [6.07, 6.45) is 2.47. The van der Waals surface area contributed by atoms with Crippen LogP contribution in [0.25, 0.3) is 0 Å². The fourth-order valence-electron chi connectivity index (χ4n) is 3.42. The Kier molecular flexibility index (Phi) is 7.16. The highest BCUT2D eigenvalue weighted by atomic mass is 35.5. The molecule has 8 heteroatoms. The zero-order valence-electron chi connectivity index (χ0n) is 16.4. The van der Waals surface area contributed by atoms with E-state index in [1.807, 2.05) is 0 Å². The number of likely N-dealkylation sites (tertiary alicyclic amines) is 1. The molecule has 2 aromatic rings. The van der Waals surface area contributed by atoms with Gasteiger partial charge in [-0.15, -0.1) is 0 Å². The van der Waals surface area contributed by atoms with E-state index in [4.69, 9.17) is 11.6 Å². The van der Waals surface area contributed by atoms with E-state index >= 15 is 0 Å². The maximum absolute atomic E-state index is 12.7. The van der Waals surface area contributed by atoms with Crippen molar-refractivity contribution in [2.45, 2.75) is 24.7 Å². The summed E-state index contributed by atoms with van der Waals surface area (Å²) in [4.78, 5) is 15.2. The molecule has 0 bridgehead atoms. The fourth-order valence-corrected chi connectivity index (χ4v) is 4.63. The summed E-state index contributed by atoms with van der Waals surface area (Å²) in [5.74, 6) is 0.0163. The SMILES string of the molecule is CC(CNC(=O)c1ccccc1NS(=O)(=O)c1ccc(Cl)cc1)CN1CCCC1. The Hall–Kier alpha value is -2.09. The molecule has 0 saturated carbocycles. The van der Waals surface area contributed by atoms with Crippen molar-refractivity contribution >= 4 is 33.2 Å². The third kappa shape index (κ3) is 5.95. The van der Waals surface area contributed by atoms with Crippen LogP contribution in [0.5, 0.6) is 0 Å². The Bertz CT molecular complexity index is 942. The van der Waals surface area contributed by atoms with Crippen molar-refractivity contribution in [3.05, 3.63) is 59.1 Å². The van der Waals surface area contributed by atoms with Gasteiger partial charge >= 0.3 is 0 Å². The van der Waals surface area contributed by atoms with Gasteiger partial charge in [0.25, 0.3) is 15.9 Å². The van der Waals surface area contributed by atoms with E-state index in [2.05, 4.69) is 21.9 Å². The summed E-state index contributed by atoms with van der Waals surface area (Å²) in [5.41, 5.74) is 0.533. The molecule has 2 aromatic carbocycles. The van der Waals surface area contributed by atoms with Gasteiger partial charge in [-0.2, -0.15) is 0 Å². The Morgan fingerprint density at radius 1 is 1.10 bits per heavy atom. The number of anilines is 1. The van der Waals surface area contributed by atoms with Crippen LogP contribution < -0.4 is 10.0 Å². The second-order valence-electron chi connectivity index (χ2n) is 7.43. The minimum absolute atomic E-state index is 0.0800. The van der Waals surface area contributed by atoms with Crippen LogP contribution in [0.15, 0.2) is 53.4 Å². The predicted octanol–water partition coefficient (Wildman–Crippen LogP) is 3.60. The number of nitrogens with one attached hydrogen (secondary N) is 2. The highest BCUT2D eigenvalue weighted by Crippen LogP contribution is 2.21. The van der Waals surface area contributed by atoms with Crippen LogP contribution in [0.3, 0.4) is 0 Å². The minimum atomic E-state index is -3.83. The molecule has 1 unspecified atom stereocenters. The van der Waals surface area contributed by atoms with E-state index in [1.54, 1.807) is 24.3 Å². The molecule has 0 radical (unpaired) electrons. The number of nitrogens with zero attached hydrogens (tertiary/aromatic N) is 1. The number of hydrogen-bond acceptors (Lipinski definition) is 4. The molecule has 3 rings (SSSR count). The zero-order chi connectivity index (χ0) is 20.9. The summed E-state index contributed by atoms with van der Waals surface area (Å²) in [7, 11) is -3.83. The molecular formula is C21H26ClN3O3S. The van der Waals surface area contributed by atoms with Gasteiger partial charge in [-0.3, -0.25) is 9.52 Å². The van der Waals surface area contributed by atoms with Crippen LogP contribution in [-0.4, -0.2) is 45.4 Å². The van der Waals surface area contributed by atoms with Crippen molar-refractivity contribution in [2.24, 2.45) is 5.92 Å². The van der Waals surface area contributed by atoms with Gasteiger partial charge in [-0.1, -0.05) is 30.7 Å². The number of sulfonamides is 1. The Balaban J connectivity index is 1.66. The first kappa shape index (κ1) is 21.6. The number of rotatable bonds is 8. The van der Waals surface area contributed by atoms with E-state index < -0.39 is 10.0 Å². The first-order chi connectivity index (χ1) is 13.8. The minimum Gasteiger partial charge on any atom is -0.352 e. The molecule has 1 fully saturated rings. The van der Waals surface area contributed by atoms with E-state index in [-0.39, 0.29) is 16.5 Å². The van der Waals surface area contributed by atoms with Crippen LogP contribution in [0.4, 0.5) is 5.69 Å². The number of amides is 1. The molecule has 29 heavy (non-hydrogen) atoms. The molecule has 2 N–H and O–H groups in total. The highest BCUT2D eigenvalue weighted by molar-refractivity contribution is 7.92. The monoisotopic (exact) mass is 435 g/mol. The van der Waals surface area contributed by atoms with Crippen LogP contribution in [0.2, 0.25) is 5.02 Å². The van der Waals surface area contributed by atoms with Gasteiger partial charge < -0.3 is 10.2 Å². The second kappa shape index (κ2) is 9.61. The third-order valence-electron chi connectivity index (χ3n) is 4.92. The zero-order valence-corrected chi connectivity index (χ0v) is 18.0. The lowest BCUT2D eigenvalue weighted by Gasteiger charge is -2.20. The fraction of sp³-hybridized carbons (Fsp3) is 0.381. The van der Waals surface area contributed by atoms with E-state index in [9.17, 15) is 13.2 Å². The maximum atomic E-state index is 12.7. The first-order valence-corrected chi connectivity index (χ1v) is 11.6. The molecule has 1 amide bonds. The van der Waals surface area contributed by atoms with Crippen LogP contribution in [-0.2, 0) is 10.0 Å². The van der Waals surface area contributed by atoms with E-state index in [1.165, 1.54) is 37.1 Å². The van der Waals surface area contributed by atoms with Crippen molar-refractivity contribution in [3.8, 4) is 0 Å². The standard InChI is InChI=1S/C21H26ClN3O3S/c1-16(15-25-12-4-5-13-25)14-23-21(26)19-6-2-3-7-20(19)24-29(27,28)18-10-8-17(22)9-11-18/h2-3,6-11,16,24H,4-5,12-15H2,1H3,(H,23,26). The lowest BCUT2D eigenvalue weighted by Crippen LogP contribution is -2.34. The van der Waals surface area contributed by atoms with Crippen molar-refractivity contribution in [1.29, 1.82) is 0 Å². The third-order valence-corrected chi connectivity index (χ3v) is 6.55. The summed E-state index contributed by atoms with van der Waals surface area (Å²) in [5, 5.41) is 3.38. The van der Waals surface area contributed by atoms with Crippen molar-refractivity contribution < 1.29 is 13.2 Å². The predicted molar refractivity (Wildman–Crippen MR) is 116 cm³/mol. The number of para-hydroxylation sites is 1. The number of carbonyl (C=O) groups excluding carboxylic acids is 1. The van der Waals surface area contributed by atoms with Crippen LogP contribution in [0.1, 0.15) is 30.1 Å². The largest absolute Gasteiger partial charge is 0.352 e. The molecule has 1 heterocycles. The maximum Gasteiger partial charge on any atom is 0.261 e. The molecule has 1 saturated heterocycles. The van der Waals surface area contributed by atoms with E-state index in [0.717, 1.165) is 19.6 Å². The summed E-state index contributed by atoms with van der Waals surface area (Å²) in [6.45, 7) is 5.83. The molecule has 0 spiro atoms. The highest BCUT2D eigenvalue weighted by Gasteiger charge is 2.20. The van der Waals surface area contributed by atoms with Crippen molar-refractivity contribution in [2.75, 3.05) is 30.9 Å². The van der Waals surface area contributed by atoms with Gasteiger partial charge in [0, 0.05) is 18.1 Å². The summed E-state index contributed by atoms with van der Waals surface area (Å²) >= 11 is 5.83. The summed E-state index contributed by atoms with van der Waals surface area (Å²) < 4.78 is 27.8. The smallest absolute Gasteiger partial charge is 0.261 e. The van der Waals surface area contributed by atoms with Crippen LogP contribution in [0, 0.1) is 5.92 Å². The quantitative estimate of drug-likeness (QED) is 0.664. The van der Waals surface area contributed by atoms with Gasteiger partial charge in [-0.25, -0.2) is 8.42 Å². The van der Waals surface area contributed by atoms with Gasteiger partial charge in [0.2, 0.25) is 0 Å². The normalized spacial score (nSPS) is 15.8. The van der Waals surface area contributed by atoms with Gasteiger partial charge in [0.15, 0.2) is 0 Å².